The summed E-state index contributed by atoms with van der Waals surface area (Å²) in [6, 6.07) is 20.6. The largest absolute Gasteiger partial charge is 0.505 e. The van der Waals surface area contributed by atoms with Gasteiger partial charge in [0.1, 0.15) is 11.5 Å². The van der Waals surface area contributed by atoms with Gasteiger partial charge < -0.3 is 15.2 Å². The second kappa shape index (κ2) is 9.69. The average molecular weight is 430 g/mol. The Balaban J connectivity index is 1.37. The first-order chi connectivity index (χ1) is 15.5. The molecule has 0 aliphatic carbocycles. The summed E-state index contributed by atoms with van der Waals surface area (Å²) < 4.78 is 6.17. The van der Waals surface area contributed by atoms with Crippen LogP contribution in [0.4, 0.5) is 5.69 Å². The van der Waals surface area contributed by atoms with Crippen LogP contribution in [0.15, 0.2) is 66.7 Å². The highest BCUT2D eigenvalue weighted by Gasteiger charge is 2.21. The van der Waals surface area contributed by atoms with Crippen molar-refractivity contribution in [1.29, 1.82) is 0 Å². The molecule has 2 N–H and O–H groups in total. The van der Waals surface area contributed by atoms with Gasteiger partial charge in [0.2, 0.25) is 0 Å². The molecule has 0 aromatic heterocycles. The Morgan fingerprint density at radius 2 is 1.88 bits per heavy atom. The van der Waals surface area contributed by atoms with Gasteiger partial charge in [0.25, 0.3) is 5.91 Å². The number of aromatic hydroxyl groups is 1. The van der Waals surface area contributed by atoms with E-state index in [9.17, 15) is 14.7 Å². The van der Waals surface area contributed by atoms with Crippen molar-refractivity contribution in [2.75, 3.05) is 5.32 Å². The molecule has 5 heteroatoms. The molecular weight excluding hydrogens is 402 g/mol. The number of benzene rings is 3. The first-order valence-electron chi connectivity index (χ1n) is 11.0. The molecule has 1 atom stereocenters. The smallest absolute Gasteiger partial charge is 0.255 e. The molecule has 0 radical (unpaired) electrons. The zero-order valence-corrected chi connectivity index (χ0v) is 18.1. The Morgan fingerprint density at radius 1 is 1.06 bits per heavy atom. The van der Waals surface area contributed by atoms with Gasteiger partial charge in [-0.2, -0.15) is 0 Å². The topological polar surface area (TPSA) is 75.6 Å². The van der Waals surface area contributed by atoms with E-state index in [0.717, 1.165) is 43.4 Å². The lowest BCUT2D eigenvalue weighted by Gasteiger charge is -2.26. The molecule has 1 unspecified atom stereocenters. The third-order valence-corrected chi connectivity index (χ3v) is 5.85. The van der Waals surface area contributed by atoms with Crippen LogP contribution < -0.4 is 10.1 Å². The van der Waals surface area contributed by atoms with Crippen molar-refractivity contribution in [1.82, 2.24) is 0 Å². The molecule has 3 aromatic carbocycles. The SMILES string of the molecule is CC(=O)c1cccc(NC(=O)c2ccc3c(c2)CCC(CCCc2ccccc2)O3)c1O. The Labute approximate surface area is 188 Å². The molecule has 0 fully saturated rings. The van der Waals surface area contributed by atoms with Gasteiger partial charge in [0.05, 0.1) is 17.4 Å². The number of ketones is 1. The van der Waals surface area contributed by atoms with Gasteiger partial charge in [-0.15, -0.1) is 0 Å². The molecular formula is C27H27NO4. The number of phenols is 1. The molecule has 3 aromatic rings. The third kappa shape index (κ3) is 4.99. The number of carbonyl (C=O) groups is 2. The molecule has 0 bridgehead atoms. The van der Waals surface area contributed by atoms with E-state index in [0.29, 0.717) is 5.56 Å². The summed E-state index contributed by atoms with van der Waals surface area (Å²) in [5.41, 5.74) is 3.25. The lowest BCUT2D eigenvalue weighted by atomic mass is 9.96. The predicted octanol–water partition coefficient (Wildman–Crippen LogP) is 5.56. The number of nitrogens with one attached hydrogen (secondary N) is 1. The molecule has 4 rings (SSSR count). The summed E-state index contributed by atoms with van der Waals surface area (Å²) >= 11 is 0. The fourth-order valence-corrected chi connectivity index (χ4v) is 4.09. The van der Waals surface area contributed by atoms with Crippen molar-refractivity contribution in [3.63, 3.8) is 0 Å². The number of para-hydroxylation sites is 1. The van der Waals surface area contributed by atoms with E-state index in [4.69, 9.17) is 4.74 Å². The van der Waals surface area contributed by atoms with E-state index in [1.54, 1.807) is 18.2 Å². The Bertz CT molecular complexity index is 1120. The Hall–Kier alpha value is -3.60. The van der Waals surface area contributed by atoms with Crippen LogP contribution in [0.2, 0.25) is 0 Å². The molecule has 5 nitrogen and oxygen atoms in total. The number of amides is 1. The van der Waals surface area contributed by atoms with Gasteiger partial charge in [-0.3, -0.25) is 9.59 Å². The second-order valence-electron chi connectivity index (χ2n) is 8.19. The summed E-state index contributed by atoms with van der Waals surface area (Å²) in [7, 11) is 0. The van der Waals surface area contributed by atoms with Crippen molar-refractivity contribution < 1.29 is 19.4 Å². The summed E-state index contributed by atoms with van der Waals surface area (Å²) in [5, 5.41) is 13.0. The van der Waals surface area contributed by atoms with Crippen LogP contribution in [0, 0.1) is 0 Å². The molecule has 0 saturated carbocycles. The van der Waals surface area contributed by atoms with E-state index in [1.807, 2.05) is 18.2 Å². The van der Waals surface area contributed by atoms with Crippen molar-refractivity contribution in [3.05, 3.63) is 89.0 Å². The van der Waals surface area contributed by atoms with Crippen molar-refractivity contribution >= 4 is 17.4 Å². The van der Waals surface area contributed by atoms with Gasteiger partial charge in [-0.05, 0) is 80.5 Å². The van der Waals surface area contributed by atoms with Crippen LogP contribution in [0.5, 0.6) is 11.5 Å². The molecule has 1 amide bonds. The van der Waals surface area contributed by atoms with Crippen LogP contribution in [0.25, 0.3) is 0 Å². The normalized spacial score (nSPS) is 14.8. The fourth-order valence-electron chi connectivity index (χ4n) is 4.09. The van der Waals surface area contributed by atoms with E-state index in [2.05, 4.69) is 29.6 Å². The zero-order valence-electron chi connectivity index (χ0n) is 18.1. The number of phenolic OH excluding ortho intramolecular Hbond substituents is 1. The van der Waals surface area contributed by atoms with E-state index >= 15 is 0 Å². The predicted molar refractivity (Wildman–Crippen MR) is 125 cm³/mol. The number of hydrogen-bond donors (Lipinski definition) is 2. The highest BCUT2D eigenvalue weighted by molar-refractivity contribution is 6.07. The standard InChI is InChI=1S/C27H27NO4/c1-18(29)23-11-6-12-24(26(23)30)28-27(31)21-14-16-25-20(17-21)13-15-22(32-25)10-5-9-19-7-3-2-4-8-19/h2-4,6-8,11-12,14,16-17,22,30H,5,9-10,13,15H2,1H3,(H,28,31). The van der Waals surface area contributed by atoms with Gasteiger partial charge in [0, 0.05) is 5.56 Å². The minimum atomic E-state index is -0.339. The molecule has 32 heavy (non-hydrogen) atoms. The summed E-state index contributed by atoms with van der Waals surface area (Å²) in [4.78, 5) is 24.3. The maximum atomic E-state index is 12.7. The molecule has 0 saturated heterocycles. The summed E-state index contributed by atoms with van der Waals surface area (Å²) in [5.74, 6) is 0.0172. The van der Waals surface area contributed by atoms with Crippen molar-refractivity contribution in [2.45, 2.75) is 45.1 Å². The van der Waals surface area contributed by atoms with Crippen LogP contribution >= 0.6 is 0 Å². The fraction of sp³-hybridized carbons (Fsp3) is 0.259. The lowest BCUT2D eigenvalue weighted by Crippen LogP contribution is -2.23. The molecule has 0 spiro atoms. The summed E-state index contributed by atoms with van der Waals surface area (Å²) in [6.45, 7) is 1.37. The monoisotopic (exact) mass is 429 g/mol. The number of fused-ring (bicyclic) bond motifs is 1. The van der Waals surface area contributed by atoms with E-state index < -0.39 is 0 Å². The van der Waals surface area contributed by atoms with Gasteiger partial charge in [-0.1, -0.05) is 36.4 Å². The average Bonchev–Trinajstić information content (AvgIpc) is 2.80. The van der Waals surface area contributed by atoms with Crippen LogP contribution in [-0.2, 0) is 12.8 Å². The maximum Gasteiger partial charge on any atom is 0.255 e. The van der Waals surface area contributed by atoms with Crippen molar-refractivity contribution in [3.8, 4) is 11.5 Å². The Morgan fingerprint density at radius 3 is 2.66 bits per heavy atom. The minimum Gasteiger partial charge on any atom is -0.505 e. The molecule has 164 valence electrons. The van der Waals surface area contributed by atoms with Gasteiger partial charge in [-0.25, -0.2) is 0 Å². The first-order valence-corrected chi connectivity index (χ1v) is 11.0. The highest BCUT2D eigenvalue weighted by atomic mass is 16.5. The van der Waals surface area contributed by atoms with Gasteiger partial charge in [0.15, 0.2) is 5.78 Å². The Kier molecular flexibility index (Phi) is 6.55. The van der Waals surface area contributed by atoms with Crippen LogP contribution in [0.3, 0.4) is 0 Å². The first kappa shape index (κ1) is 21.6. The maximum absolute atomic E-state index is 12.7. The van der Waals surface area contributed by atoms with Crippen molar-refractivity contribution in [2.24, 2.45) is 0 Å². The van der Waals surface area contributed by atoms with E-state index in [-0.39, 0.29) is 34.8 Å². The lowest BCUT2D eigenvalue weighted by molar-refractivity contribution is 0.100. The quantitative estimate of drug-likeness (QED) is 0.381. The highest BCUT2D eigenvalue weighted by Crippen LogP contribution is 2.32. The number of aryl methyl sites for hydroxylation is 2. The third-order valence-electron chi connectivity index (χ3n) is 5.85. The summed E-state index contributed by atoms with van der Waals surface area (Å²) in [6.07, 6.45) is 5.10. The number of Topliss-reactive ketones (excluding diaryl/α,β-unsaturated/α-hetero) is 1. The number of ether oxygens (including phenoxy) is 1. The zero-order chi connectivity index (χ0) is 22.5. The number of hydrogen-bond acceptors (Lipinski definition) is 4. The minimum absolute atomic E-state index is 0.181. The molecule has 1 aliphatic rings. The molecule has 1 heterocycles. The number of rotatable bonds is 7. The van der Waals surface area contributed by atoms with E-state index in [1.165, 1.54) is 18.6 Å². The van der Waals surface area contributed by atoms with Crippen LogP contribution in [-0.4, -0.2) is 22.9 Å². The number of anilines is 1. The molecule has 1 aliphatic heterocycles. The number of carbonyl (C=O) groups excluding carboxylic acids is 2. The van der Waals surface area contributed by atoms with Crippen LogP contribution in [0.1, 0.15) is 58.0 Å². The van der Waals surface area contributed by atoms with Gasteiger partial charge >= 0.3 is 0 Å². The second-order valence-corrected chi connectivity index (χ2v) is 8.19.